The van der Waals surface area contributed by atoms with Gasteiger partial charge in [-0.2, -0.15) is 0 Å². The number of amides is 7. The number of aromatic nitrogens is 4. The number of terminal acetylenes is 2. The van der Waals surface area contributed by atoms with Crippen molar-refractivity contribution in [2.24, 2.45) is 10.3 Å². The molecule has 0 bridgehead atoms. The number of nitrogens with one attached hydrogen (secondary N) is 1. The Morgan fingerprint density at radius 3 is 0.986 bits per heavy atom. The van der Waals surface area contributed by atoms with Crippen LogP contribution in [0.4, 0.5) is 28.8 Å². The van der Waals surface area contributed by atoms with Crippen LogP contribution < -0.4 is 5.32 Å². The Morgan fingerprint density at radius 2 is 0.698 bits per heavy atom. The van der Waals surface area contributed by atoms with Gasteiger partial charge in [-0.25, -0.2) is 28.8 Å². The topological polar surface area (TPSA) is 450 Å². The molecule has 4 N–H and O–H groups in total. The van der Waals surface area contributed by atoms with E-state index in [1.165, 1.54) is 35.1 Å². The minimum atomic E-state index is -0.833. The second-order valence-electron chi connectivity index (χ2n) is 37.5. The van der Waals surface area contributed by atoms with Crippen molar-refractivity contribution in [3.8, 4) is 24.7 Å². The number of oxime groups is 2. The molecule has 37 heteroatoms. The van der Waals surface area contributed by atoms with Crippen LogP contribution in [0.15, 0.2) is 52.7 Å². The largest absolute Gasteiger partial charge is 0.481 e. The molecule has 12 rings (SSSR count). The molecule has 0 aliphatic carbocycles. The Kier molecular flexibility index (Phi) is 73.7. The van der Waals surface area contributed by atoms with E-state index < -0.39 is 39.6 Å². The Labute approximate surface area is 836 Å². The van der Waals surface area contributed by atoms with E-state index in [-0.39, 0.29) is 159 Å². The van der Waals surface area contributed by atoms with Crippen molar-refractivity contribution < 1.29 is 110 Å². The van der Waals surface area contributed by atoms with Crippen molar-refractivity contribution in [2.75, 3.05) is 52.4 Å². The summed E-state index contributed by atoms with van der Waals surface area (Å²) in [6.07, 6.45) is 27.3. The van der Waals surface area contributed by atoms with Gasteiger partial charge in [-0.1, -0.05) is 98.5 Å². The molecule has 0 saturated carbocycles. The molecular weight excluding hydrogens is 1790 g/mol. The van der Waals surface area contributed by atoms with Crippen LogP contribution >= 0.6 is 0 Å². The summed E-state index contributed by atoms with van der Waals surface area (Å²) in [5, 5.41) is 47.8. The summed E-state index contributed by atoms with van der Waals surface area (Å²) in [7, 11) is 0. The first-order valence-electron chi connectivity index (χ1n) is 44.0. The highest BCUT2D eigenvalue weighted by molar-refractivity contribution is 5.77. The van der Waals surface area contributed by atoms with E-state index in [1.807, 2.05) is 181 Å². The summed E-state index contributed by atoms with van der Waals surface area (Å²) in [4.78, 5) is 124. The van der Waals surface area contributed by atoms with Crippen molar-refractivity contribution in [3.63, 3.8) is 0 Å². The van der Waals surface area contributed by atoms with Crippen molar-refractivity contribution >= 4 is 73.4 Å². The number of aryl methyl sites for hydroxylation is 4. The third kappa shape index (κ3) is 57.2. The Bertz CT molecular complexity index is 4090. The number of hydrogen-bond donors (Lipinski definition) is 4. The van der Waals surface area contributed by atoms with Gasteiger partial charge in [0.25, 0.3) is 5.97 Å². The first-order valence-corrected chi connectivity index (χ1v) is 44.0. The Hall–Kier alpha value is -11.2. The normalized spacial score (nSPS) is 18.9. The van der Waals surface area contributed by atoms with E-state index in [9.17, 15) is 43.2 Å². The fourth-order valence-corrected chi connectivity index (χ4v) is 13.8. The number of carbonyl (C=O) groups excluding carboxylic acids is 9. The van der Waals surface area contributed by atoms with Gasteiger partial charge in [-0.05, 0) is 275 Å². The van der Waals surface area contributed by atoms with E-state index in [0.29, 0.717) is 45.3 Å². The number of aldehydes is 2. The number of ether oxygens (including phenoxy) is 6. The maximum absolute atomic E-state index is 12.1. The lowest BCUT2D eigenvalue weighted by atomic mass is 10.1. The van der Waals surface area contributed by atoms with Crippen molar-refractivity contribution in [1.82, 2.24) is 60.2 Å². The highest BCUT2D eigenvalue weighted by Gasteiger charge is 2.40. The van der Waals surface area contributed by atoms with Crippen LogP contribution in [0.1, 0.15) is 392 Å². The predicted molar refractivity (Wildman–Crippen MR) is 550 cm³/mol. The fourth-order valence-electron chi connectivity index (χ4n) is 13.8. The molecule has 0 spiro atoms. The monoisotopic (exact) mass is 1980 g/mol. The zero-order chi connectivity index (χ0) is 98.0. The predicted octanol–water partition coefficient (Wildman–Crippen LogP) is 23.6. The zero-order valence-corrected chi connectivity index (χ0v) is 82.2. The summed E-state index contributed by atoms with van der Waals surface area (Å²) in [6.45, 7) is 52.7. The molecule has 8 saturated heterocycles. The molecule has 8 aliphatic rings. The Balaban J connectivity index is -0.000000194. The number of carbonyl (C=O) groups is 10. The van der Waals surface area contributed by atoms with Crippen LogP contribution in [0, 0.1) is 59.8 Å². The summed E-state index contributed by atoms with van der Waals surface area (Å²) in [5.41, 5.74) is 0.631. The minimum absolute atomic E-state index is 0. The average Bonchev–Trinajstić information content (AvgIpc) is 1.68. The second-order valence-corrected chi connectivity index (χ2v) is 37.5. The highest BCUT2D eigenvalue weighted by Crippen LogP contribution is 2.37. The van der Waals surface area contributed by atoms with Crippen LogP contribution in [0.5, 0.6) is 0 Å². The molecule has 7 amide bonds. The number of carboxylic acids is 1. The number of likely N-dealkylation sites (tertiary alicyclic amines) is 7. The maximum Gasteiger partial charge on any atom is 0.411 e. The molecule has 4 aromatic heterocycles. The number of nitrogens with zero attached hydrogens (tertiary/aromatic N) is 13. The number of rotatable bonds is 7. The van der Waals surface area contributed by atoms with Crippen molar-refractivity contribution in [2.45, 2.75) is 432 Å². The molecule has 0 unspecified atom stereocenters. The first kappa shape index (κ1) is 146. The summed E-state index contributed by atoms with van der Waals surface area (Å²) >= 11 is 0. The van der Waals surface area contributed by atoms with Gasteiger partial charge in [0.1, 0.15) is 57.6 Å². The third-order valence-electron chi connectivity index (χ3n) is 18.9. The molecule has 37 nitrogen and oxygen atoms in total. The van der Waals surface area contributed by atoms with Gasteiger partial charge in [-0.3, -0.25) is 34.1 Å². The zero-order valence-electron chi connectivity index (χ0n) is 82.2. The van der Waals surface area contributed by atoms with Crippen molar-refractivity contribution in [3.05, 3.63) is 77.5 Å². The van der Waals surface area contributed by atoms with Gasteiger partial charge in [-0.15, -0.1) is 23.9 Å². The molecule has 804 valence electrons. The molecule has 8 aliphatic heterocycles. The third-order valence-corrected chi connectivity index (χ3v) is 18.9. The highest BCUT2D eigenvalue weighted by atomic mass is 16.6. The fraction of sp³-hybridized carbons (Fsp3) is 0.716. The summed E-state index contributed by atoms with van der Waals surface area (Å²) < 4.78 is 52.3. The average molecular weight is 1980 g/mol. The van der Waals surface area contributed by atoms with Gasteiger partial charge >= 0.3 is 36.6 Å². The SMILES string of the molecule is C.C.C.C.C.C.C.C.C.C#CC.C#C[C@@H]1CCCN1C(=O)OC(C)(C)C.CC(=O)N1CCC[C@H]1c1cc(C)no1.CC(=O)O.CC(C)(C)OC(=O)N1CCC[C@H]1C=NO.CC(C)(C)OC(=O)N1CCC[C@H]1C=O.CC(C)(C)OC(=O)N1CCC[C@H]1C=O.CC=NO.Cc1cc([C@@H]2CCCN2)on1.Cc1cc([C@@H]2CCCN2C(=O)OC(C)(C)C)no1.Cc1cc([C@@H]2CCCN2C(=O)OC(C)(C)C)on1.[CH3-]. The molecule has 139 heavy (non-hydrogen) atoms. The van der Waals surface area contributed by atoms with Crippen LogP contribution in [0.25, 0.3) is 0 Å². The van der Waals surface area contributed by atoms with Crippen LogP contribution in [-0.2, 0) is 47.6 Å². The van der Waals surface area contributed by atoms with Crippen LogP contribution in [-0.4, -0.2) is 254 Å². The molecule has 12 heterocycles. The van der Waals surface area contributed by atoms with Crippen LogP contribution in [0.2, 0.25) is 0 Å². The lowest BCUT2D eigenvalue weighted by molar-refractivity contribution is -0.134. The van der Waals surface area contributed by atoms with Gasteiger partial charge in [0.15, 0.2) is 17.3 Å². The first-order chi connectivity index (χ1) is 60.1. The number of carboxylic acid groups (broad SMARTS) is 1. The molecular formula is C102H187N14O23-. The van der Waals surface area contributed by atoms with E-state index >= 15 is 0 Å². The molecule has 8 atom stereocenters. The standard InChI is InChI=1S/2C13H20N2O3.C11H17NO2.C10H18N2O3.C10H14N2O2.2C10H17NO3.C8H12N2O.C3H4.C2H5NO.C2H4O2.9CH4.CH3/c1-9-8-10(14-18-9)11-6-5-7-15(11)12(16)17-13(2,3)4;1-9-8-11(18-14-9)10-6-5-7-15(10)12(16)17-13(2,3)4;1-5-9-7-6-8-12(9)10(13)14-11(2,3)4;1-10(2,3)15-9(13)12-6-4-5-8(12)7-11-14;1-7-6-10(14-11-7)9-4-3-5-12(9)8(2)13;2*1-10(2,3)14-9(13)11-6-4-5-8(11)7-12;1-6-5-8(11-10-6)7-3-2-4-9-7;1-3-2;1-2-3-4;1-2(3)4;;;;;;;;;;/h8,11H,5-7H2,1-4H3;8,10H,5-7H2,1-4H3;1,9H,6-8H2,2-4H3;7-8,14H,4-6H2,1-3H3;6,9H,3-5H2,1-2H3;2*7-8H,4-6H2,1-3H3;5,7,9H,2-4H2,1H3;1H,2H3;2,4H,1H3;1H3,(H,3,4);9*1H4;1H3/q;;;;;;;;;;;;;;;;;;;;-1/t11-;10-;9-;8-;9-;2*8-;7-;;;;;;;;;;;;;/m00100000............./s1. The quantitative estimate of drug-likeness (QED) is 0.0254. The van der Waals surface area contributed by atoms with E-state index in [0.717, 1.165) is 168 Å². The lowest BCUT2D eigenvalue weighted by Crippen LogP contribution is -2.40. The van der Waals surface area contributed by atoms with Crippen LogP contribution in [0.3, 0.4) is 0 Å². The summed E-state index contributed by atoms with van der Waals surface area (Å²) in [6, 6.07) is 7.35. The molecule has 0 aromatic carbocycles. The number of hydrogen-bond acceptors (Lipinski definition) is 29. The van der Waals surface area contributed by atoms with E-state index in [1.54, 1.807) is 40.4 Å². The lowest BCUT2D eigenvalue weighted by Gasteiger charge is -2.27. The van der Waals surface area contributed by atoms with E-state index in [4.69, 9.17) is 73.3 Å². The van der Waals surface area contributed by atoms with E-state index in [2.05, 4.69) is 54.5 Å². The molecule has 4 aromatic rings. The summed E-state index contributed by atoms with van der Waals surface area (Å²) in [5.74, 6) is 7.45. The minimum Gasteiger partial charge on any atom is -0.481 e. The molecule has 0 radical (unpaired) electrons. The smallest absolute Gasteiger partial charge is 0.411 e. The van der Waals surface area contributed by atoms with Gasteiger partial charge < -0.3 is 94.2 Å². The number of aliphatic carboxylic acids is 1. The Morgan fingerprint density at radius 1 is 0.417 bits per heavy atom. The van der Waals surface area contributed by atoms with Crippen molar-refractivity contribution in [1.29, 1.82) is 0 Å². The second kappa shape index (κ2) is 70.4. The van der Waals surface area contributed by atoms with Gasteiger partial charge in [0.2, 0.25) is 5.91 Å². The maximum atomic E-state index is 12.1. The van der Waals surface area contributed by atoms with Gasteiger partial charge in [0, 0.05) is 90.1 Å². The molecule has 8 fully saturated rings. The van der Waals surface area contributed by atoms with Gasteiger partial charge in [0.05, 0.1) is 71.6 Å².